The van der Waals surface area contributed by atoms with Gasteiger partial charge in [0.05, 0.1) is 6.61 Å². The zero-order valence-corrected chi connectivity index (χ0v) is 15.0. The van der Waals surface area contributed by atoms with Crippen LogP contribution in [0.3, 0.4) is 0 Å². The lowest BCUT2D eigenvalue weighted by Gasteiger charge is -2.19. The van der Waals surface area contributed by atoms with Gasteiger partial charge in [-0.1, -0.05) is 20.3 Å². The molecule has 1 rings (SSSR count). The van der Waals surface area contributed by atoms with Crippen LogP contribution in [0.5, 0.6) is 0 Å². The summed E-state index contributed by atoms with van der Waals surface area (Å²) >= 11 is 0. The summed E-state index contributed by atoms with van der Waals surface area (Å²) in [5.74, 6) is -0.462. The Kier molecular flexibility index (Phi) is 6.79. The van der Waals surface area contributed by atoms with Crippen molar-refractivity contribution in [3.63, 3.8) is 0 Å². The number of rotatable bonds is 7. The maximum absolute atomic E-state index is 12.3. The van der Waals surface area contributed by atoms with E-state index in [-0.39, 0.29) is 18.0 Å². The zero-order valence-electron chi connectivity index (χ0n) is 15.0. The molecule has 6 nitrogen and oxygen atoms in total. The number of hydrogen-bond acceptors (Lipinski definition) is 5. The molecule has 0 saturated heterocycles. The fourth-order valence-corrected chi connectivity index (χ4v) is 2.16. The third-order valence-electron chi connectivity index (χ3n) is 3.15. The van der Waals surface area contributed by atoms with Crippen LogP contribution in [0.2, 0.25) is 0 Å². The lowest BCUT2D eigenvalue weighted by atomic mass is 10.0. The Balaban J connectivity index is 3.04. The Labute approximate surface area is 137 Å². The van der Waals surface area contributed by atoms with Gasteiger partial charge in [-0.15, -0.1) is 0 Å². The van der Waals surface area contributed by atoms with E-state index in [4.69, 9.17) is 9.47 Å². The van der Waals surface area contributed by atoms with Crippen LogP contribution in [0.25, 0.3) is 0 Å². The number of carbonyl (C=O) groups is 2. The molecule has 0 aliphatic carbocycles. The molecule has 130 valence electrons. The van der Waals surface area contributed by atoms with Crippen LogP contribution < -0.4 is 0 Å². The van der Waals surface area contributed by atoms with Gasteiger partial charge in [0.15, 0.2) is 5.69 Å². The van der Waals surface area contributed by atoms with Crippen LogP contribution in [0.1, 0.15) is 80.9 Å². The monoisotopic (exact) mass is 324 g/mol. The average Bonchev–Trinajstić information content (AvgIpc) is 2.80. The highest BCUT2D eigenvalue weighted by atomic mass is 16.6. The largest absolute Gasteiger partial charge is 0.461 e. The number of ether oxygens (including phenoxy) is 2. The minimum atomic E-state index is -0.616. The van der Waals surface area contributed by atoms with Gasteiger partial charge in [0.1, 0.15) is 11.3 Å². The van der Waals surface area contributed by atoms with Gasteiger partial charge in [0.25, 0.3) is 0 Å². The Morgan fingerprint density at radius 1 is 1.22 bits per heavy atom. The minimum Gasteiger partial charge on any atom is -0.461 e. The Bertz CT molecular complexity index is 541. The van der Waals surface area contributed by atoms with Crippen molar-refractivity contribution in [2.75, 3.05) is 6.61 Å². The molecule has 1 N–H and O–H groups in total. The van der Waals surface area contributed by atoms with E-state index in [0.29, 0.717) is 17.9 Å². The molecule has 23 heavy (non-hydrogen) atoms. The van der Waals surface area contributed by atoms with Gasteiger partial charge in [-0.2, -0.15) is 5.10 Å². The molecule has 0 spiro atoms. The van der Waals surface area contributed by atoms with Crippen molar-refractivity contribution < 1.29 is 19.1 Å². The van der Waals surface area contributed by atoms with Crippen LogP contribution in [0, 0.1) is 5.92 Å². The predicted molar refractivity (Wildman–Crippen MR) is 87.5 cm³/mol. The summed E-state index contributed by atoms with van der Waals surface area (Å²) in [5, 5.41) is 6.64. The number of esters is 2. The van der Waals surface area contributed by atoms with E-state index in [1.54, 1.807) is 27.7 Å². The quantitative estimate of drug-likeness (QED) is 0.776. The van der Waals surface area contributed by atoms with Gasteiger partial charge in [0, 0.05) is 5.56 Å². The SMILES string of the molecule is CCOC(=O)c1[nH]nc(C(=O)OC(C)(C)C)c1CCCC(C)C. The van der Waals surface area contributed by atoms with Crippen molar-refractivity contribution in [1.82, 2.24) is 10.2 Å². The lowest BCUT2D eigenvalue weighted by molar-refractivity contribution is 0.00615. The van der Waals surface area contributed by atoms with Crippen LogP contribution in [0.15, 0.2) is 0 Å². The average molecular weight is 324 g/mol. The second kappa shape index (κ2) is 8.13. The van der Waals surface area contributed by atoms with E-state index >= 15 is 0 Å². The Hall–Kier alpha value is -1.85. The van der Waals surface area contributed by atoms with Crippen molar-refractivity contribution in [2.24, 2.45) is 5.92 Å². The van der Waals surface area contributed by atoms with Crippen LogP contribution in [-0.2, 0) is 15.9 Å². The number of H-pyrrole nitrogens is 1. The highest BCUT2D eigenvalue weighted by Gasteiger charge is 2.27. The molecule has 0 amide bonds. The minimum absolute atomic E-state index is 0.173. The maximum Gasteiger partial charge on any atom is 0.359 e. The molecule has 0 bridgehead atoms. The number of carbonyl (C=O) groups excluding carboxylic acids is 2. The molecule has 0 aromatic carbocycles. The number of nitrogens with one attached hydrogen (secondary N) is 1. The van der Waals surface area contributed by atoms with E-state index in [1.165, 1.54) is 0 Å². The lowest BCUT2D eigenvalue weighted by Crippen LogP contribution is -2.25. The summed E-state index contributed by atoms with van der Waals surface area (Å²) < 4.78 is 10.4. The second-order valence-corrected chi connectivity index (χ2v) is 6.93. The third-order valence-corrected chi connectivity index (χ3v) is 3.15. The van der Waals surface area contributed by atoms with E-state index < -0.39 is 17.5 Å². The van der Waals surface area contributed by atoms with E-state index in [0.717, 1.165) is 12.8 Å². The predicted octanol–water partition coefficient (Wildman–Crippen LogP) is 3.52. The van der Waals surface area contributed by atoms with Crippen molar-refractivity contribution in [1.29, 1.82) is 0 Å². The van der Waals surface area contributed by atoms with Crippen LogP contribution >= 0.6 is 0 Å². The Morgan fingerprint density at radius 2 is 1.87 bits per heavy atom. The molecule has 0 aliphatic rings. The molecule has 1 aromatic rings. The normalized spacial score (nSPS) is 11.6. The number of nitrogens with zero attached hydrogens (tertiary/aromatic N) is 1. The van der Waals surface area contributed by atoms with Gasteiger partial charge in [-0.25, -0.2) is 9.59 Å². The summed E-state index contributed by atoms with van der Waals surface area (Å²) in [4.78, 5) is 24.4. The van der Waals surface area contributed by atoms with Gasteiger partial charge in [-0.3, -0.25) is 5.10 Å². The summed E-state index contributed by atoms with van der Waals surface area (Å²) in [7, 11) is 0. The Morgan fingerprint density at radius 3 is 2.39 bits per heavy atom. The molecule has 0 aliphatic heterocycles. The van der Waals surface area contributed by atoms with Crippen molar-refractivity contribution in [3.8, 4) is 0 Å². The first-order valence-corrected chi connectivity index (χ1v) is 8.13. The molecule has 0 radical (unpaired) electrons. The van der Waals surface area contributed by atoms with Crippen LogP contribution in [0.4, 0.5) is 0 Å². The van der Waals surface area contributed by atoms with E-state index in [2.05, 4.69) is 24.0 Å². The maximum atomic E-state index is 12.3. The molecule has 1 aromatic heterocycles. The third kappa shape index (κ3) is 6.04. The highest BCUT2D eigenvalue weighted by molar-refractivity contribution is 5.95. The molecule has 0 atom stereocenters. The first-order chi connectivity index (χ1) is 10.7. The summed E-state index contributed by atoms with van der Waals surface area (Å²) in [6, 6.07) is 0. The molecule has 6 heteroatoms. The van der Waals surface area contributed by atoms with Gasteiger partial charge in [0.2, 0.25) is 0 Å². The number of aromatic nitrogens is 2. The van der Waals surface area contributed by atoms with Crippen molar-refractivity contribution in [2.45, 2.75) is 66.4 Å². The molecule has 0 saturated carbocycles. The number of hydrogen-bond donors (Lipinski definition) is 1. The van der Waals surface area contributed by atoms with Crippen LogP contribution in [-0.4, -0.2) is 34.3 Å². The van der Waals surface area contributed by atoms with Crippen molar-refractivity contribution >= 4 is 11.9 Å². The summed E-state index contributed by atoms with van der Waals surface area (Å²) in [5.41, 5.74) is 0.386. The molecular weight excluding hydrogens is 296 g/mol. The zero-order chi connectivity index (χ0) is 17.6. The molecule has 1 heterocycles. The fourth-order valence-electron chi connectivity index (χ4n) is 2.16. The number of aromatic amines is 1. The molecule has 0 unspecified atom stereocenters. The fraction of sp³-hybridized carbons (Fsp3) is 0.706. The molecular formula is C17H28N2O4. The smallest absolute Gasteiger partial charge is 0.359 e. The van der Waals surface area contributed by atoms with E-state index in [1.807, 2.05) is 0 Å². The molecule has 0 fully saturated rings. The highest BCUT2D eigenvalue weighted by Crippen LogP contribution is 2.20. The van der Waals surface area contributed by atoms with E-state index in [9.17, 15) is 9.59 Å². The second-order valence-electron chi connectivity index (χ2n) is 6.93. The van der Waals surface area contributed by atoms with Gasteiger partial charge >= 0.3 is 11.9 Å². The van der Waals surface area contributed by atoms with Crippen molar-refractivity contribution in [3.05, 3.63) is 17.0 Å². The standard InChI is InChI=1S/C17H28N2O4/c1-7-22-15(20)13-12(10-8-9-11(2)3)14(19-18-13)16(21)23-17(4,5)6/h11H,7-10H2,1-6H3,(H,18,19). The first-order valence-electron chi connectivity index (χ1n) is 8.13. The van der Waals surface area contributed by atoms with Gasteiger partial charge in [-0.05, 0) is 46.5 Å². The summed E-state index contributed by atoms with van der Waals surface area (Å²) in [6.45, 7) is 11.7. The first kappa shape index (κ1) is 19.2. The van der Waals surface area contributed by atoms with Gasteiger partial charge < -0.3 is 9.47 Å². The summed E-state index contributed by atoms with van der Waals surface area (Å²) in [6.07, 6.45) is 2.44. The topological polar surface area (TPSA) is 81.3 Å².